The average molecular weight is 421 g/mol. The fraction of sp³-hybridized carbons (Fsp3) is 1.00. The molecule has 4 N–H and O–H groups in total. The third kappa shape index (κ3) is 10.4. The summed E-state index contributed by atoms with van der Waals surface area (Å²) in [5.41, 5.74) is 0. The van der Waals surface area contributed by atoms with Gasteiger partial charge in [-0.1, -0.05) is 38.5 Å². The van der Waals surface area contributed by atoms with E-state index in [2.05, 4.69) is 21.3 Å². The quantitative estimate of drug-likeness (QED) is 0.472. The van der Waals surface area contributed by atoms with Crippen LogP contribution in [0.2, 0.25) is 0 Å². The van der Waals surface area contributed by atoms with Crippen molar-refractivity contribution in [2.24, 2.45) is 23.7 Å². The van der Waals surface area contributed by atoms with E-state index in [9.17, 15) is 0 Å². The second-order valence-corrected chi connectivity index (χ2v) is 10.6. The van der Waals surface area contributed by atoms with E-state index in [4.69, 9.17) is 0 Å². The minimum absolute atomic E-state index is 1.04. The van der Waals surface area contributed by atoms with Crippen LogP contribution in [0, 0.1) is 23.7 Å². The molecule has 176 valence electrons. The molecule has 0 aromatic carbocycles. The minimum atomic E-state index is 1.04. The monoisotopic (exact) mass is 420 g/mol. The molecule has 0 atom stereocenters. The molecule has 0 aliphatic carbocycles. The third-order valence-corrected chi connectivity index (χ3v) is 8.28. The summed E-state index contributed by atoms with van der Waals surface area (Å²) >= 11 is 0. The van der Waals surface area contributed by atoms with Gasteiger partial charge in [0, 0.05) is 0 Å². The van der Waals surface area contributed by atoms with Crippen molar-refractivity contribution in [3.05, 3.63) is 0 Å². The van der Waals surface area contributed by atoms with Crippen LogP contribution in [0.15, 0.2) is 0 Å². The highest BCUT2D eigenvalue weighted by Crippen LogP contribution is 2.25. The number of rotatable bonds is 8. The third-order valence-electron chi connectivity index (χ3n) is 8.28. The van der Waals surface area contributed by atoms with Gasteiger partial charge in [-0.25, -0.2) is 0 Å². The summed E-state index contributed by atoms with van der Waals surface area (Å²) in [6, 6.07) is 0. The van der Waals surface area contributed by atoms with E-state index in [1.807, 2.05) is 0 Å². The predicted molar refractivity (Wildman–Crippen MR) is 130 cm³/mol. The normalized spacial score (nSPS) is 25.6. The lowest BCUT2D eigenvalue weighted by Gasteiger charge is -2.25. The van der Waals surface area contributed by atoms with Crippen molar-refractivity contribution < 1.29 is 0 Å². The molecule has 4 fully saturated rings. The van der Waals surface area contributed by atoms with Crippen LogP contribution in [0.5, 0.6) is 0 Å². The van der Waals surface area contributed by atoms with Gasteiger partial charge in [-0.3, -0.25) is 0 Å². The zero-order chi connectivity index (χ0) is 20.7. The van der Waals surface area contributed by atoms with Crippen LogP contribution in [0.4, 0.5) is 0 Å². The highest BCUT2D eigenvalue weighted by molar-refractivity contribution is 4.73. The molecule has 4 aliphatic heterocycles. The number of nitrogens with one attached hydrogen (secondary N) is 4. The van der Waals surface area contributed by atoms with Crippen LogP contribution in [0.3, 0.4) is 0 Å². The predicted octanol–water partition coefficient (Wildman–Crippen LogP) is 4.31. The molecular weight excluding hydrogens is 368 g/mol. The van der Waals surface area contributed by atoms with Gasteiger partial charge in [0.15, 0.2) is 0 Å². The lowest BCUT2D eigenvalue weighted by molar-refractivity contribution is 0.304. The molecule has 0 bridgehead atoms. The maximum absolute atomic E-state index is 3.45. The largest absolute Gasteiger partial charge is 0.317 e. The standard InChI is InChI=1S/2C13H26N2/c2*1(2-12-4-8-14-9-5-12)3-13-6-10-15-11-7-13/h2*12-15H,1-11H2. The van der Waals surface area contributed by atoms with E-state index in [0.29, 0.717) is 0 Å². The van der Waals surface area contributed by atoms with E-state index >= 15 is 0 Å². The van der Waals surface area contributed by atoms with Gasteiger partial charge in [0.1, 0.15) is 0 Å². The second kappa shape index (κ2) is 15.6. The fourth-order valence-corrected chi connectivity index (χ4v) is 6.07. The Labute approximate surface area is 187 Å². The topological polar surface area (TPSA) is 48.1 Å². The minimum Gasteiger partial charge on any atom is -0.317 e. The molecule has 0 aromatic rings. The van der Waals surface area contributed by atoms with Gasteiger partial charge in [0.25, 0.3) is 0 Å². The molecule has 0 radical (unpaired) electrons. The van der Waals surface area contributed by atoms with Crippen molar-refractivity contribution in [2.45, 2.75) is 89.9 Å². The Balaban J connectivity index is 0.000000171. The van der Waals surface area contributed by atoms with Crippen molar-refractivity contribution in [3.8, 4) is 0 Å². The van der Waals surface area contributed by atoms with Gasteiger partial charge in [0.05, 0.1) is 0 Å². The molecule has 4 heterocycles. The molecular formula is C26H52N4. The molecule has 4 nitrogen and oxygen atoms in total. The zero-order valence-corrected chi connectivity index (χ0v) is 19.9. The second-order valence-electron chi connectivity index (χ2n) is 10.6. The van der Waals surface area contributed by atoms with Crippen molar-refractivity contribution in [1.82, 2.24) is 21.3 Å². The molecule has 30 heavy (non-hydrogen) atoms. The Morgan fingerprint density at radius 3 is 0.733 bits per heavy atom. The first-order valence-corrected chi connectivity index (χ1v) is 13.7. The maximum Gasteiger partial charge on any atom is -0.00463 e. The first-order chi connectivity index (χ1) is 14.9. The van der Waals surface area contributed by atoms with E-state index in [1.165, 1.54) is 142 Å². The summed E-state index contributed by atoms with van der Waals surface area (Å²) in [5.74, 6) is 4.14. The smallest absolute Gasteiger partial charge is 0.00463 e. The van der Waals surface area contributed by atoms with Crippen molar-refractivity contribution in [2.75, 3.05) is 52.4 Å². The summed E-state index contributed by atoms with van der Waals surface area (Å²) in [7, 11) is 0. The summed E-state index contributed by atoms with van der Waals surface area (Å²) in [4.78, 5) is 0. The van der Waals surface area contributed by atoms with Crippen LogP contribution in [-0.2, 0) is 0 Å². The summed E-state index contributed by atoms with van der Waals surface area (Å²) in [6.45, 7) is 10.1. The van der Waals surface area contributed by atoms with Gasteiger partial charge in [-0.2, -0.15) is 0 Å². The summed E-state index contributed by atoms with van der Waals surface area (Å²) < 4.78 is 0. The number of hydrogen-bond donors (Lipinski definition) is 4. The fourth-order valence-electron chi connectivity index (χ4n) is 6.07. The van der Waals surface area contributed by atoms with Gasteiger partial charge < -0.3 is 21.3 Å². The highest BCUT2D eigenvalue weighted by atomic mass is 14.9. The van der Waals surface area contributed by atoms with Gasteiger partial charge in [-0.15, -0.1) is 0 Å². The molecule has 4 heteroatoms. The van der Waals surface area contributed by atoms with Gasteiger partial charge in [-0.05, 0) is 127 Å². The Hall–Kier alpha value is -0.160. The van der Waals surface area contributed by atoms with Crippen LogP contribution >= 0.6 is 0 Å². The average Bonchev–Trinajstić information content (AvgIpc) is 2.82. The van der Waals surface area contributed by atoms with Crippen LogP contribution in [-0.4, -0.2) is 52.4 Å². The molecule has 0 unspecified atom stereocenters. The van der Waals surface area contributed by atoms with E-state index < -0.39 is 0 Å². The van der Waals surface area contributed by atoms with E-state index in [1.54, 1.807) is 0 Å². The van der Waals surface area contributed by atoms with E-state index in [0.717, 1.165) is 23.7 Å². The molecule has 0 aromatic heterocycles. The van der Waals surface area contributed by atoms with Crippen molar-refractivity contribution in [1.29, 1.82) is 0 Å². The van der Waals surface area contributed by atoms with Crippen molar-refractivity contribution in [3.63, 3.8) is 0 Å². The number of hydrogen-bond acceptors (Lipinski definition) is 4. The molecule has 4 aliphatic rings. The number of piperidine rings is 4. The van der Waals surface area contributed by atoms with E-state index in [-0.39, 0.29) is 0 Å². The first-order valence-electron chi connectivity index (χ1n) is 13.7. The lowest BCUT2D eigenvalue weighted by Crippen LogP contribution is -2.29. The van der Waals surface area contributed by atoms with Crippen molar-refractivity contribution >= 4 is 0 Å². The Bertz CT molecular complexity index is 318. The Morgan fingerprint density at radius 2 is 0.533 bits per heavy atom. The molecule has 4 rings (SSSR count). The van der Waals surface area contributed by atoms with Gasteiger partial charge in [0.2, 0.25) is 0 Å². The molecule has 0 amide bonds. The van der Waals surface area contributed by atoms with Crippen LogP contribution in [0.25, 0.3) is 0 Å². The van der Waals surface area contributed by atoms with Gasteiger partial charge >= 0.3 is 0 Å². The SMILES string of the molecule is C(CC1CCNCC1)CC1CCNCC1.C(CC1CCNCC1)CC1CCNCC1. The highest BCUT2D eigenvalue weighted by Gasteiger charge is 2.17. The maximum atomic E-state index is 3.45. The molecule has 0 saturated carbocycles. The molecule has 0 spiro atoms. The summed E-state index contributed by atoms with van der Waals surface area (Å²) in [6.07, 6.45) is 20.3. The van der Waals surface area contributed by atoms with Crippen LogP contribution in [0.1, 0.15) is 89.9 Å². The lowest BCUT2D eigenvalue weighted by atomic mass is 9.87. The van der Waals surface area contributed by atoms with Crippen LogP contribution < -0.4 is 21.3 Å². The first kappa shape index (κ1) is 24.5. The summed E-state index contributed by atoms with van der Waals surface area (Å²) in [5, 5.41) is 13.8. The Morgan fingerprint density at radius 1 is 0.333 bits per heavy atom. The molecule has 4 saturated heterocycles. The zero-order valence-electron chi connectivity index (χ0n) is 19.9. The Kier molecular flexibility index (Phi) is 12.7.